The van der Waals surface area contributed by atoms with E-state index in [2.05, 4.69) is 4.36 Å². The average Bonchev–Trinajstić information content (AvgIpc) is 1.91. The maximum absolute atomic E-state index is 9.96. The molecule has 1 rings (SSSR count). The maximum Gasteiger partial charge on any atom is 0.0725 e. The van der Waals surface area contributed by atoms with Gasteiger partial charge in [-0.1, -0.05) is 18.2 Å². The molecule has 0 aliphatic rings. The standard InChI is InChI=1S/C6H7NOS/c8-9-7-6-4-2-1-3-5-6/h1-5H,9H2. The van der Waals surface area contributed by atoms with Crippen LogP contribution in [0.25, 0.3) is 0 Å². The van der Waals surface area contributed by atoms with Gasteiger partial charge in [0.25, 0.3) is 0 Å². The van der Waals surface area contributed by atoms with E-state index < -0.39 is 11.5 Å². The van der Waals surface area contributed by atoms with Crippen molar-refractivity contribution >= 4 is 17.2 Å². The Labute approximate surface area is 56.8 Å². The number of rotatable bonds is 1. The Hall–Kier alpha value is -0.830. The minimum atomic E-state index is -0.590. The number of hydrogen-bond donors (Lipinski definition) is 0. The van der Waals surface area contributed by atoms with E-state index in [-0.39, 0.29) is 0 Å². The predicted octanol–water partition coefficient (Wildman–Crippen LogP) is 1.18. The van der Waals surface area contributed by atoms with Crippen LogP contribution in [0, 0.1) is 0 Å². The highest BCUT2D eigenvalue weighted by Crippen LogP contribution is 2.07. The molecule has 0 aliphatic heterocycles. The van der Waals surface area contributed by atoms with Gasteiger partial charge in [-0.05, 0) is 12.1 Å². The molecule has 0 aliphatic carbocycles. The fraction of sp³-hybridized carbons (Fsp3) is 0. The molecule has 0 radical (unpaired) electrons. The monoisotopic (exact) mass is 141 g/mol. The highest BCUT2D eigenvalue weighted by atomic mass is 32.1. The third-order valence-corrected chi connectivity index (χ3v) is 1.28. The first-order valence-corrected chi connectivity index (χ1v) is 3.42. The Morgan fingerprint density at radius 2 is 1.89 bits per heavy atom. The van der Waals surface area contributed by atoms with Gasteiger partial charge in [-0.3, -0.25) is 4.21 Å². The second-order valence-corrected chi connectivity index (χ2v) is 1.94. The van der Waals surface area contributed by atoms with E-state index in [1.165, 1.54) is 0 Å². The molecule has 0 fully saturated rings. The van der Waals surface area contributed by atoms with Crippen LogP contribution >= 0.6 is 0 Å². The lowest BCUT2D eigenvalue weighted by Gasteiger charge is -1.84. The average molecular weight is 141 g/mol. The van der Waals surface area contributed by atoms with Gasteiger partial charge in [-0.15, -0.1) is 0 Å². The van der Waals surface area contributed by atoms with Crippen molar-refractivity contribution in [1.29, 1.82) is 0 Å². The van der Waals surface area contributed by atoms with Crippen LogP contribution in [0.3, 0.4) is 0 Å². The molecule has 0 spiro atoms. The van der Waals surface area contributed by atoms with Crippen LogP contribution in [0.2, 0.25) is 0 Å². The van der Waals surface area contributed by atoms with Crippen molar-refractivity contribution in [2.45, 2.75) is 0 Å². The van der Waals surface area contributed by atoms with Crippen LogP contribution in [0.1, 0.15) is 0 Å². The zero-order chi connectivity index (χ0) is 6.53. The maximum atomic E-state index is 9.96. The number of hydrogen-bond acceptors (Lipinski definition) is 2. The lowest BCUT2D eigenvalue weighted by Crippen LogP contribution is -1.57. The molecule has 1 aromatic carbocycles. The van der Waals surface area contributed by atoms with E-state index in [4.69, 9.17) is 0 Å². The Bertz CT molecular complexity index is 228. The van der Waals surface area contributed by atoms with Gasteiger partial charge < -0.3 is 0 Å². The van der Waals surface area contributed by atoms with Gasteiger partial charge in [-0.25, -0.2) is 4.36 Å². The SMILES string of the molecule is O=[SH2]=Nc1ccccc1. The molecule has 0 bridgehead atoms. The summed E-state index contributed by atoms with van der Waals surface area (Å²) in [6.07, 6.45) is 0. The molecule has 0 aromatic heterocycles. The second kappa shape index (κ2) is 3.25. The van der Waals surface area contributed by atoms with Gasteiger partial charge >= 0.3 is 0 Å². The minimum absolute atomic E-state index is 0.590. The zero-order valence-electron chi connectivity index (χ0n) is 4.74. The van der Waals surface area contributed by atoms with E-state index in [1.54, 1.807) is 0 Å². The summed E-state index contributed by atoms with van der Waals surface area (Å²) in [4.78, 5) is 0. The highest BCUT2D eigenvalue weighted by Gasteiger charge is 1.78. The van der Waals surface area contributed by atoms with Gasteiger partial charge in [0, 0.05) is 11.5 Å². The Morgan fingerprint density at radius 3 is 2.44 bits per heavy atom. The van der Waals surface area contributed by atoms with Crippen molar-refractivity contribution in [3.05, 3.63) is 30.3 Å². The van der Waals surface area contributed by atoms with Crippen molar-refractivity contribution < 1.29 is 4.21 Å². The summed E-state index contributed by atoms with van der Waals surface area (Å²) in [5.41, 5.74) is 0.769. The Morgan fingerprint density at radius 1 is 1.22 bits per heavy atom. The van der Waals surface area contributed by atoms with E-state index in [9.17, 15) is 4.21 Å². The van der Waals surface area contributed by atoms with Gasteiger partial charge in [0.2, 0.25) is 0 Å². The minimum Gasteiger partial charge on any atom is -0.256 e. The third-order valence-electron chi connectivity index (χ3n) is 0.931. The van der Waals surface area contributed by atoms with Crippen LogP contribution < -0.4 is 0 Å². The molecular formula is C6H7NOS. The van der Waals surface area contributed by atoms with Crippen molar-refractivity contribution in [3.63, 3.8) is 0 Å². The van der Waals surface area contributed by atoms with Gasteiger partial charge in [0.1, 0.15) is 0 Å². The summed E-state index contributed by atoms with van der Waals surface area (Å²) in [7, 11) is 0. The van der Waals surface area contributed by atoms with Crippen LogP contribution in [-0.4, -0.2) is 4.21 Å². The first-order chi connectivity index (χ1) is 4.43. The molecule has 48 valence electrons. The smallest absolute Gasteiger partial charge is 0.0725 e. The normalized spacial score (nSPS) is 10.2. The summed E-state index contributed by atoms with van der Waals surface area (Å²) < 4.78 is 13.6. The first-order valence-electron chi connectivity index (χ1n) is 2.56. The van der Waals surface area contributed by atoms with Crippen molar-refractivity contribution in [2.24, 2.45) is 4.36 Å². The van der Waals surface area contributed by atoms with Gasteiger partial charge in [-0.2, -0.15) is 0 Å². The lowest BCUT2D eigenvalue weighted by molar-refractivity contribution is 0.698. The summed E-state index contributed by atoms with van der Waals surface area (Å²) in [6, 6.07) is 9.24. The summed E-state index contributed by atoms with van der Waals surface area (Å²) in [5, 5.41) is 0. The molecule has 0 atom stereocenters. The predicted molar refractivity (Wildman–Crippen MR) is 39.5 cm³/mol. The van der Waals surface area contributed by atoms with Gasteiger partial charge in [0.05, 0.1) is 5.69 Å². The molecule has 9 heavy (non-hydrogen) atoms. The fourth-order valence-electron chi connectivity index (χ4n) is 0.555. The molecule has 0 saturated carbocycles. The van der Waals surface area contributed by atoms with E-state index in [0.717, 1.165) is 5.69 Å². The lowest BCUT2D eigenvalue weighted by atomic mass is 10.3. The number of benzene rings is 1. The van der Waals surface area contributed by atoms with E-state index in [1.807, 2.05) is 30.3 Å². The van der Waals surface area contributed by atoms with E-state index >= 15 is 0 Å². The second-order valence-electron chi connectivity index (χ2n) is 1.54. The van der Waals surface area contributed by atoms with Crippen molar-refractivity contribution in [1.82, 2.24) is 0 Å². The fourth-order valence-corrected chi connectivity index (χ4v) is 0.810. The Balaban J connectivity index is 2.97. The molecule has 3 heteroatoms. The number of nitrogens with zero attached hydrogens (tertiary/aromatic N) is 1. The highest BCUT2D eigenvalue weighted by molar-refractivity contribution is 7.54. The summed E-state index contributed by atoms with van der Waals surface area (Å²) >= 11 is -0.590. The van der Waals surface area contributed by atoms with Crippen LogP contribution in [0.15, 0.2) is 34.7 Å². The first kappa shape index (κ1) is 6.29. The van der Waals surface area contributed by atoms with Crippen molar-refractivity contribution in [3.8, 4) is 0 Å². The molecule has 1 aromatic rings. The van der Waals surface area contributed by atoms with Crippen LogP contribution in [0.5, 0.6) is 0 Å². The summed E-state index contributed by atoms with van der Waals surface area (Å²) in [5.74, 6) is 0. The zero-order valence-corrected chi connectivity index (χ0v) is 5.74. The molecular weight excluding hydrogens is 134 g/mol. The van der Waals surface area contributed by atoms with Crippen LogP contribution in [0.4, 0.5) is 5.69 Å². The van der Waals surface area contributed by atoms with Crippen LogP contribution in [-0.2, 0) is 11.5 Å². The molecule has 2 nitrogen and oxygen atoms in total. The molecule has 0 heterocycles. The molecule has 0 N–H and O–H groups in total. The van der Waals surface area contributed by atoms with Gasteiger partial charge in [0.15, 0.2) is 0 Å². The molecule has 0 amide bonds. The molecule has 0 unspecified atom stereocenters. The quantitative estimate of drug-likeness (QED) is 0.577. The third kappa shape index (κ3) is 1.85. The summed E-state index contributed by atoms with van der Waals surface area (Å²) in [6.45, 7) is 0. The Kier molecular flexibility index (Phi) is 2.27. The topological polar surface area (TPSA) is 29.4 Å². The largest absolute Gasteiger partial charge is 0.256 e. The van der Waals surface area contributed by atoms with E-state index in [0.29, 0.717) is 0 Å². The molecule has 0 saturated heterocycles. The van der Waals surface area contributed by atoms with Crippen molar-refractivity contribution in [2.75, 3.05) is 0 Å².